The van der Waals surface area contributed by atoms with Gasteiger partial charge in [-0.1, -0.05) is 0 Å². The maximum Gasteiger partial charge on any atom is 0.248 e. The van der Waals surface area contributed by atoms with Crippen LogP contribution in [0.2, 0.25) is 0 Å². The van der Waals surface area contributed by atoms with Gasteiger partial charge in [-0.05, 0) is 24.3 Å². The van der Waals surface area contributed by atoms with Crippen LogP contribution in [0.4, 0.5) is 0 Å². The molecule has 24 heavy (non-hydrogen) atoms. The number of nitrogens with zero attached hydrogens (tertiary/aromatic N) is 3. The summed E-state index contributed by atoms with van der Waals surface area (Å²) >= 11 is 1.57. The van der Waals surface area contributed by atoms with Crippen LogP contribution in [0.1, 0.15) is 25.2 Å². The predicted octanol–water partition coefficient (Wildman–Crippen LogP) is 1.72. The number of hydrogen-bond donors (Lipinski definition) is 1. The molecule has 0 saturated carbocycles. The number of likely N-dealkylation sites (tertiary alicyclic amines) is 1. The van der Waals surface area contributed by atoms with Gasteiger partial charge in [0, 0.05) is 49.8 Å². The molecule has 7 nitrogen and oxygen atoms in total. The highest BCUT2D eigenvalue weighted by Gasteiger charge is 2.26. The lowest BCUT2D eigenvalue weighted by molar-refractivity contribution is -0.135. The first-order valence-corrected chi connectivity index (χ1v) is 8.96. The molecule has 1 fully saturated rings. The van der Waals surface area contributed by atoms with Gasteiger partial charge in [-0.3, -0.25) is 9.59 Å². The molecule has 0 aromatic carbocycles. The average molecular weight is 348 g/mol. The lowest BCUT2D eigenvalue weighted by Gasteiger charge is -2.31. The van der Waals surface area contributed by atoms with Crippen LogP contribution < -0.4 is 5.32 Å². The number of amides is 2. The molecule has 0 spiro atoms. The van der Waals surface area contributed by atoms with Crippen molar-refractivity contribution >= 4 is 23.2 Å². The molecule has 0 bridgehead atoms. The van der Waals surface area contributed by atoms with E-state index >= 15 is 0 Å². The molecule has 0 aliphatic carbocycles. The van der Waals surface area contributed by atoms with E-state index in [1.54, 1.807) is 18.4 Å². The van der Waals surface area contributed by atoms with Crippen LogP contribution in [0.25, 0.3) is 11.5 Å². The van der Waals surface area contributed by atoms with Crippen molar-refractivity contribution in [2.45, 2.75) is 25.7 Å². The molecule has 3 rings (SSSR count). The summed E-state index contributed by atoms with van der Waals surface area (Å²) in [4.78, 5) is 25.7. The number of carbonyl (C=O) groups is 2. The van der Waals surface area contributed by atoms with Crippen molar-refractivity contribution in [3.63, 3.8) is 0 Å². The zero-order valence-electron chi connectivity index (χ0n) is 13.5. The van der Waals surface area contributed by atoms with E-state index in [-0.39, 0.29) is 17.7 Å². The molecule has 0 radical (unpaired) electrons. The molecule has 2 aromatic heterocycles. The van der Waals surface area contributed by atoms with E-state index in [2.05, 4.69) is 15.5 Å². The molecule has 1 aliphatic rings. The average Bonchev–Trinajstić information content (AvgIpc) is 3.30. The quantitative estimate of drug-likeness (QED) is 0.889. The number of aromatic nitrogens is 2. The number of nitrogens with one attached hydrogen (secondary N) is 1. The Morgan fingerprint density at radius 1 is 1.38 bits per heavy atom. The van der Waals surface area contributed by atoms with Crippen LogP contribution in [0, 0.1) is 5.92 Å². The predicted molar refractivity (Wildman–Crippen MR) is 89.3 cm³/mol. The van der Waals surface area contributed by atoms with E-state index in [0.29, 0.717) is 50.6 Å². The third-order valence-electron chi connectivity index (χ3n) is 4.25. The van der Waals surface area contributed by atoms with E-state index in [1.165, 1.54) is 0 Å². The molecular weight excluding hydrogens is 328 g/mol. The summed E-state index contributed by atoms with van der Waals surface area (Å²) in [5.74, 6) is 1.12. The Balaban J connectivity index is 1.47. The van der Waals surface area contributed by atoms with Crippen LogP contribution in [0.15, 0.2) is 21.2 Å². The maximum atomic E-state index is 12.3. The van der Waals surface area contributed by atoms with Crippen LogP contribution in [0.3, 0.4) is 0 Å². The number of aryl methyl sites for hydroxylation is 1. The Labute approximate surface area is 144 Å². The van der Waals surface area contributed by atoms with Crippen molar-refractivity contribution in [3.05, 3.63) is 22.7 Å². The highest BCUT2D eigenvalue weighted by molar-refractivity contribution is 7.08. The monoisotopic (exact) mass is 348 g/mol. The first kappa shape index (κ1) is 16.6. The zero-order chi connectivity index (χ0) is 16.9. The number of piperidine rings is 1. The standard InChI is InChI=1S/C16H20N4O3S/c1-17-15(22)11-4-7-20(8-5-11)14(21)3-2-13-18-19-16(23-13)12-6-9-24-10-12/h6,9-11H,2-5,7-8H2,1H3,(H,17,22). The van der Waals surface area contributed by atoms with Gasteiger partial charge < -0.3 is 14.6 Å². The van der Waals surface area contributed by atoms with Crippen molar-refractivity contribution in [2.75, 3.05) is 20.1 Å². The SMILES string of the molecule is CNC(=O)C1CCN(C(=O)CCc2nnc(-c3ccsc3)o2)CC1. The molecule has 1 saturated heterocycles. The minimum absolute atomic E-state index is 0.0168. The van der Waals surface area contributed by atoms with E-state index in [4.69, 9.17) is 4.42 Å². The summed E-state index contributed by atoms with van der Waals surface area (Å²) in [5, 5.41) is 14.6. The lowest BCUT2D eigenvalue weighted by atomic mass is 9.96. The summed E-state index contributed by atoms with van der Waals surface area (Å²) in [6.07, 6.45) is 2.21. The van der Waals surface area contributed by atoms with E-state index in [1.807, 2.05) is 21.7 Å². The smallest absolute Gasteiger partial charge is 0.248 e. The van der Waals surface area contributed by atoms with Crippen LogP contribution in [-0.2, 0) is 16.0 Å². The maximum absolute atomic E-state index is 12.3. The molecule has 1 N–H and O–H groups in total. The third-order valence-corrected chi connectivity index (χ3v) is 4.94. The van der Waals surface area contributed by atoms with Crippen molar-refractivity contribution in [1.82, 2.24) is 20.4 Å². The van der Waals surface area contributed by atoms with Gasteiger partial charge in [-0.2, -0.15) is 11.3 Å². The third kappa shape index (κ3) is 3.81. The molecule has 8 heteroatoms. The zero-order valence-corrected chi connectivity index (χ0v) is 14.3. The Morgan fingerprint density at radius 3 is 2.83 bits per heavy atom. The highest BCUT2D eigenvalue weighted by atomic mass is 32.1. The fourth-order valence-corrected chi connectivity index (χ4v) is 3.45. The Hall–Kier alpha value is -2.22. The van der Waals surface area contributed by atoms with Gasteiger partial charge in [0.05, 0.1) is 0 Å². The van der Waals surface area contributed by atoms with Gasteiger partial charge in [0.25, 0.3) is 0 Å². The Morgan fingerprint density at radius 2 is 2.17 bits per heavy atom. The molecular formula is C16H20N4O3S. The van der Waals surface area contributed by atoms with Gasteiger partial charge in [-0.25, -0.2) is 0 Å². The van der Waals surface area contributed by atoms with Crippen LogP contribution in [0.5, 0.6) is 0 Å². The normalized spacial score (nSPS) is 15.5. The minimum atomic E-state index is 0.0168. The number of thiophene rings is 1. The Bertz CT molecular complexity index is 690. The van der Waals surface area contributed by atoms with Gasteiger partial charge >= 0.3 is 0 Å². The summed E-state index contributed by atoms with van der Waals surface area (Å²) in [7, 11) is 1.65. The number of carbonyl (C=O) groups excluding carboxylic acids is 2. The first-order valence-electron chi connectivity index (χ1n) is 8.01. The second kappa shape index (κ2) is 7.57. The number of hydrogen-bond acceptors (Lipinski definition) is 6. The fraction of sp³-hybridized carbons (Fsp3) is 0.500. The van der Waals surface area contributed by atoms with E-state index < -0.39 is 0 Å². The van der Waals surface area contributed by atoms with Gasteiger partial charge in [-0.15, -0.1) is 10.2 Å². The fourth-order valence-electron chi connectivity index (χ4n) is 2.82. The second-order valence-corrected chi connectivity index (χ2v) is 6.56. The van der Waals surface area contributed by atoms with E-state index in [9.17, 15) is 9.59 Å². The van der Waals surface area contributed by atoms with Crippen LogP contribution >= 0.6 is 11.3 Å². The van der Waals surface area contributed by atoms with Crippen LogP contribution in [-0.4, -0.2) is 47.0 Å². The minimum Gasteiger partial charge on any atom is -0.421 e. The van der Waals surface area contributed by atoms with Crippen molar-refractivity contribution in [2.24, 2.45) is 5.92 Å². The van der Waals surface area contributed by atoms with Gasteiger partial charge in [0.1, 0.15) is 0 Å². The van der Waals surface area contributed by atoms with Crippen molar-refractivity contribution in [3.8, 4) is 11.5 Å². The first-order chi connectivity index (χ1) is 11.7. The van der Waals surface area contributed by atoms with Crippen molar-refractivity contribution < 1.29 is 14.0 Å². The number of rotatable bonds is 5. The lowest BCUT2D eigenvalue weighted by Crippen LogP contribution is -2.42. The molecule has 128 valence electrons. The summed E-state index contributed by atoms with van der Waals surface area (Å²) < 4.78 is 5.59. The molecule has 0 atom stereocenters. The molecule has 2 aromatic rings. The second-order valence-electron chi connectivity index (χ2n) is 5.78. The molecule has 0 unspecified atom stereocenters. The largest absolute Gasteiger partial charge is 0.421 e. The van der Waals surface area contributed by atoms with Gasteiger partial charge in [0.15, 0.2) is 0 Å². The highest BCUT2D eigenvalue weighted by Crippen LogP contribution is 2.21. The van der Waals surface area contributed by atoms with Gasteiger partial charge in [0.2, 0.25) is 23.6 Å². The molecule has 2 amide bonds. The summed E-state index contributed by atoms with van der Waals surface area (Å²) in [6.45, 7) is 1.25. The van der Waals surface area contributed by atoms with E-state index in [0.717, 1.165) is 5.56 Å². The Kier molecular flexibility index (Phi) is 5.24. The summed E-state index contributed by atoms with van der Waals surface area (Å²) in [6, 6.07) is 1.92. The van der Waals surface area contributed by atoms with Crippen molar-refractivity contribution in [1.29, 1.82) is 0 Å². The summed E-state index contributed by atoms with van der Waals surface area (Å²) in [5.41, 5.74) is 0.904. The molecule has 1 aliphatic heterocycles. The molecule has 3 heterocycles. The topological polar surface area (TPSA) is 88.3 Å².